The van der Waals surface area contributed by atoms with Gasteiger partial charge in [-0.25, -0.2) is 4.98 Å². The number of carbonyl (C=O) groups excluding carboxylic acids is 2. The van der Waals surface area contributed by atoms with E-state index >= 15 is 0 Å². The standard InChI is InChI=1S/C27H29N3O6/c1-3-14-36-20-7-4-6-19(15-20)25(32)23-24(18-8-9-21(31)22(16-18)35-2)30(27(34)26(23)33)12-5-11-29-13-10-28-17-29/h4,6-10,13,15-17,24,31-32H,3,5,11-12,14H2,1-2H3. The maximum Gasteiger partial charge on any atom is 0.295 e. The van der Waals surface area contributed by atoms with Crippen molar-refractivity contribution in [3.8, 4) is 17.2 Å². The van der Waals surface area contributed by atoms with Crippen molar-refractivity contribution in [1.29, 1.82) is 0 Å². The molecule has 1 aromatic heterocycles. The van der Waals surface area contributed by atoms with Crippen LogP contribution in [0.3, 0.4) is 0 Å². The van der Waals surface area contributed by atoms with Gasteiger partial charge in [0.2, 0.25) is 0 Å². The fourth-order valence-corrected chi connectivity index (χ4v) is 4.27. The van der Waals surface area contributed by atoms with Crippen molar-refractivity contribution >= 4 is 17.4 Å². The Bertz CT molecular complexity index is 1270. The summed E-state index contributed by atoms with van der Waals surface area (Å²) in [6.45, 7) is 3.38. The van der Waals surface area contributed by atoms with Crippen molar-refractivity contribution in [1.82, 2.24) is 14.5 Å². The minimum absolute atomic E-state index is 0.0250. The Morgan fingerprint density at radius 3 is 2.69 bits per heavy atom. The summed E-state index contributed by atoms with van der Waals surface area (Å²) in [5.41, 5.74) is 0.880. The molecule has 0 aliphatic carbocycles. The fourth-order valence-electron chi connectivity index (χ4n) is 4.27. The smallest absolute Gasteiger partial charge is 0.295 e. The summed E-state index contributed by atoms with van der Waals surface area (Å²) in [7, 11) is 1.42. The predicted molar refractivity (Wildman–Crippen MR) is 133 cm³/mol. The number of imidazole rings is 1. The summed E-state index contributed by atoms with van der Waals surface area (Å²) in [4.78, 5) is 31.9. The van der Waals surface area contributed by atoms with Crippen molar-refractivity contribution in [2.24, 2.45) is 0 Å². The van der Waals surface area contributed by atoms with E-state index in [2.05, 4.69) is 4.98 Å². The van der Waals surface area contributed by atoms with E-state index in [0.717, 1.165) is 6.42 Å². The summed E-state index contributed by atoms with van der Waals surface area (Å²) in [5.74, 6) is -1.07. The zero-order valence-corrected chi connectivity index (χ0v) is 20.3. The molecule has 0 spiro atoms. The Hall–Kier alpha value is -4.27. The molecular formula is C27H29N3O6. The van der Waals surface area contributed by atoms with E-state index in [4.69, 9.17) is 9.47 Å². The SMILES string of the molecule is CCCOc1cccc(C(O)=C2C(=O)C(=O)N(CCCn3ccnc3)C2c2ccc(O)c(OC)c2)c1. The number of Topliss-reactive ketones (excluding diaryl/α,β-unsaturated/α-hetero) is 1. The molecule has 188 valence electrons. The lowest BCUT2D eigenvalue weighted by atomic mass is 9.95. The molecule has 9 heteroatoms. The van der Waals surface area contributed by atoms with Crippen LogP contribution in [-0.4, -0.2) is 56.6 Å². The number of methoxy groups -OCH3 is 1. The van der Waals surface area contributed by atoms with E-state index in [1.54, 1.807) is 48.9 Å². The number of rotatable bonds is 10. The van der Waals surface area contributed by atoms with E-state index in [1.165, 1.54) is 18.1 Å². The number of ether oxygens (including phenoxy) is 2. The van der Waals surface area contributed by atoms with Gasteiger partial charge in [0.15, 0.2) is 11.5 Å². The van der Waals surface area contributed by atoms with Crippen LogP contribution < -0.4 is 9.47 Å². The molecule has 4 rings (SSSR count). The zero-order chi connectivity index (χ0) is 25.7. The van der Waals surface area contributed by atoms with Crippen LogP contribution in [0.15, 0.2) is 66.8 Å². The number of aromatic nitrogens is 2. The van der Waals surface area contributed by atoms with E-state index in [-0.39, 0.29) is 29.4 Å². The molecule has 0 saturated carbocycles. The molecule has 1 unspecified atom stereocenters. The lowest BCUT2D eigenvalue weighted by molar-refractivity contribution is -0.139. The third kappa shape index (κ3) is 5.05. The number of amides is 1. The topological polar surface area (TPSA) is 114 Å². The number of nitrogens with zero attached hydrogens (tertiary/aromatic N) is 3. The number of phenolic OH excluding ortho intramolecular Hbond substituents is 1. The van der Waals surface area contributed by atoms with Gasteiger partial charge >= 0.3 is 0 Å². The molecule has 1 aliphatic heterocycles. The largest absolute Gasteiger partial charge is 0.507 e. The van der Waals surface area contributed by atoms with Crippen molar-refractivity contribution < 1.29 is 29.3 Å². The van der Waals surface area contributed by atoms with E-state index in [0.29, 0.717) is 36.4 Å². The zero-order valence-electron chi connectivity index (χ0n) is 20.3. The number of aliphatic hydroxyl groups is 1. The van der Waals surface area contributed by atoms with Crippen LogP contribution in [0.25, 0.3) is 5.76 Å². The molecule has 1 aliphatic rings. The second kappa shape index (κ2) is 11.0. The third-order valence-electron chi connectivity index (χ3n) is 6.01. The first-order chi connectivity index (χ1) is 17.4. The normalized spacial score (nSPS) is 16.9. The third-order valence-corrected chi connectivity index (χ3v) is 6.01. The monoisotopic (exact) mass is 491 g/mol. The van der Waals surface area contributed by atoms with Crippen LogP contribution in [-0.2, 0) is 16.1 Å². The molecule has 1 atom stereocenters. The second-order valence-electron chi connectivity index (χ2n) is 8.45. The first-order valence-electron chi connectivity index (χ1n) is 11.8. The number of ketones is 1. The Morgan fingerprint density at radius 2 is 1.97 bits per heavy atom. The van der Waals surface area contributed by atoms with Crippen LogP contribution in [0.4, 0.5) is 0 Å². The molecule has 0 bridgehead atoms. The predicted octanol–water partition coefficient (Wildman–Crippen LogP) is 3.90. The van der Waals surface area contributed by atoms with Gasteiger partial charge in [0.1, 0.15) is 11.5 Å². The summed E-state index contributed by atoms with van der Waals surface area (Å²) < 4.78 is 12.8. The summed E-state index contributed by atoms with van der Waals surface area (Å²) >= 11 is 0. The number of likely N-dealkylation sites (tertiary alicyclic amines) is 1. The summed E-state index contributed by atoms with van der Waals surface area (Å²) in [6.07, 6.45) is 6.57. The summed E-state index contributed by atoms with van der Waals surface area (Å²) in [5, 5.41) is 21.4. The Labute approximate surface area is 209 Å². The van der Waals surface area contributed by atoms with Gasteiger partial charge in [0, 0.05) is 31.0 Å². The fraction of sp³-hybridized carbons (Fsp3) is 0.296. The minimum Gasteiger partial charge on any atom is -0.507 e. The number of phenols is 1. The Balaban J connectivity index is 1.75. The van der Waals surface area contributed by atoms with Gasteiger partial charge in [-0.3, -0.25) is 9.59 Å². The van der Waals surface area contributed by atoms with Gasteiger partial charge in [-0.15, -0.1) is 0 Å². The molecule has 9 nitrogen and oxygen atoms in total. The van der Waals surface area contributed by atoms with Gasteiger partial charge in [-0.05, 0) is 42.7 Å². The van der Waals surface area contributed by atoms with Crippen LogP contribution in [0.5, 0.6) is 17.2 Å². The quantitative estimate of drug-likeness (QED) is 0.251. The highest BCUT2D eigenvalue weighted by Gasteiger charge is 2.46. The van der Waals surface area contributed by atoms with Crippen LogP contribution in [0.2, 0.25) is 0 Å². The number of hydrogen-bond donors (Lipinski definition) is 2. The first-order valence-corrected chi connectivity index (χ1v) is 11.8. The average molecular weight is 492 g/mol. The Morgan fingerprint density at radius 1 is 1.14 bits per heavy atom. The van der Waals surface area contributed by atoms with Gasteiger partial charge in [0.25, 0.3) is 11.7 Å². The second-order valence-corrected chi connectivity index (χ2v) is 8.45. The maximum absolute atomic E-state index is 13.2. The number of carbonyl (C=O) groups is 2. The van der Waals surface area contributed by atoms with E-state index in [9.17, 15) is 19.8 Å². The van der Waals surface area contributed by atoms with E-state index < -0.39 is 17.7 Å². The van der Waals surface area contributed by atoms with Gasteiger partial charge in [-0.2, -0.15) is 0 Å². The highest BCUT2D eigenvalue weighted by Crippen LogP contribution is 2.42. The van der Waals surface area contributed by atoms with Crippen molar-refractivity contribution in [3.63, 3.8) is 0 Å². The number of hydrogen-bond acceptors (Lipinski definition) is 7. The molecule has 1 saturated heterocycles. The van der Waals surface area contributed by atoms with Crippen molar-refractivity contribution in [2.45, 2.75) is 32.4 Å². The molecule has 2 aromatic carbocycles. The van der Waals surface area contributed by atoms with Crippen LogP contribution in [0.1, 0.15) is 36.9 Å². The number of aliphatic hydroxyl groups excluding tert-OH is 1. The van der Waals surface area contributed by atoms with Crippen LogP contribution >= 0.6 is 0 Å². The average Bonchev–Trinajstić information content (AvgIpc) is 3.50. The van der Waals surface area contributed by atoms with E-state index in [1.807, 2.05) is 17.7 Å². The molecule has 2 N–H and O–H groups in total. The molecule has 36 heavy (non-hydrogen) atoms. The number of aryl methyl sites for hydroxylation is 1. The molecule has 1 amide bonds. The number of aromatic hydroxyl groups is 1. The van der Waals surface area contributed by atoms with Crippen LogP contribution in [0, 0.1) is 0 Å². The van der Waals surface area contributed by atoms with Gasteiger partial charge in [0.05, 0.1) is 31.7 Å². The lowest BCUT2D eigenvalue weighted by Crippen LogP contribution is -2.31. The molecule has 1 fully saturated rings. The van der Waals surface area contributed by atoms with Gasteiger partial charge < -0.3 is 29.2 Å². The molecular weight excluding hydrogens is 462 g/mol. The molecule has 0 radical (unpaired) electrons. The highest BCUT2D eigenvalue weighted by atomic mass is 16.5. The van der Waals surface area contributed by atoms with Crippen molar-refractivity contribution in [2.75, 3.05) is 20.3 Å². The summed E-state index contributed by atoms with van der Waals surface area (Å²) in [6, 6.07) is 10.6. The van der Waals surface area contributed by atoms with Gasteiger partial charge in [-0.1, -0.05) is 25.1 Å². The molecule has 3 aromatic rings. The minimum atomic E-state index is -0.859. The lowest BCUT2D eigenvalue weighted by Gasteiger charge is -2.26. The first kappa shape index (κ1) is 24.8. The maximum atomic E-state index is 13.2. The molecule has 2 heterocycles. The Kier molecular flexibility index (Phi) is 7.58. The number of benzene rings is 2. The highest BCUT2D eigenvalue weighted by molar-refractivity contribution is 6.46. The van der Waals surface area contributed by atoms with Crippen molar-refractivity contribution in [3.05, 3.63) is 77.9 Å².